The van der Waals surface area contributed by atoms with Gasteiger partial charge in [0.15, 0.2) is 5.41 Å². The number of hydrogen-bond acceptors (Lipinski definition) is 6. The lowest BCUT2D eigenvalue weighted by atomic mass is 9.84. The third kappa shape index (κ3) is 20.5. The van der Waals surface area contributed by atoms with Crippen molar-refractivity contribution in [2.45, 2.75) is 149 Å². The van der Waals surface area contributed by atoms with Crippen LogP contribution in [0, 0.1) is 5.41 Å². The fraction of sp³-hybridized carbons (Fsp3) is 0.935. The van der Waals surface area contributed by atoms with Crippen LogP contribution in [0.5, 0.6) is 0 Å². The maximum absolute atomic E-state index is 13.0. The highest BCUT2D eigenvalue weighted by Crippen LogP contribution is 2.29. The van der Waals surface area contributed by atoms with Crippen LogP contribution in [0.1, 0.15) is 149 Å². The number of hydrogen-bond donors (Lipinski definition) is 2. The molecule has 0 aliphatic carbocycles. The van der Waals surface area contributed by atoms with E-state index in [0.29, 0.717) is 19.6 Å². The minimum absolute atomic E-state index is 0.276. The highest BCUT2D eigenvalue weighted by Gasteiger charge is 2.43. The van der Waals surface area contributed by atoms with Crippen molar-refractivity contribution in [2.24, 2.45) is 5.41 Å². The molecule has 6 heteroatoms. The van der Waals surface area contributed by atoms with Crippen LogP contribution in [-0.4, -0.2) is 50.0 Å². The summed E-state index contributed by atoms with van der Waals surface area (Å²) in [6, 6.07) is 0. The summed E-state index contributed by atoms with van der Waals surface area (Å²) in [7, 11) is 0. The quantitative estimate of drug-likeness (QED) is 0.0622. The fourth-order valence-corrected chi connectivity index (χ4v) is 4.45. The molecule has 0 aromatic rings. The van der Waals surface area contributed by atoms with E-state index in [1.54, 1.807) is 6.92 Å². The van der Waals surface area contributed by atoms with Crippen LogP contribution < -0.4 is 5.32 Å². The lowest BCUT2D eigenvalue weighted by Gasteiger charge is -2.25. The van der Waals surface area contributed by atoms with E-state index in [-0.39, 0.29) is 6.61 Å². The Morgan fingerprint density at radius 1 is 0.595 bits per heavy atom. The average Bonchev–Trinajstić information content (AvgIpc) is 2.90. The molecule has 0 atom stereocenters. The number of aliphatic hydroxyl groups is 1. The number of esters is 2. The first-order valence-electron chi connectivity index (χ1n) is 15.7. The number of rotatable bonds is 28. The smallest absolute Gasteiger partial charge is 0.323 e. The molecule has 2 N–H and O–H groups in total. The van der Waals surface area contributed by atoms with Gasteiger partial charge in [0.25, 0.3) is 0 Å². The van der Waals surface area contributed by atoms with E-state index >= 15 is 0 Å². The molecule has 0 rings (SSSR count). The van der Waals surface area contributed by atoms with Crippen LogP contribution in [0.3, 0.4) is 0 Å². The second-order valence-corrected chi connectivity index (χ2v) is 10.8. The molecule has 0 bridgehead atoms. The van der Waals surface area contributed by atoms with Gasteiger partial charge in [-0.15, -0.1) is 0 Å². The summed E-state index contributed by atoms with van der Waals surface area (Å²) in [5, 5.41) is 12.3. The van der Waals surface area contributed by atoms with Crippen molar-refractivity contribution in [1.29, 1.82) is 0 Å². The largest absolute Gasteiger partial charge is 0.465 e. The molecule has 0 fully saturated rings. The molecule has 0 aromatic carbocycles. The number of nitrogens with one attached hydrogen (secondary N) is 1. The van der Waals surface area contributed by atoms with E-state index in [2.05, 4.69) is 19.2 Å². The van der Waals surface area contributed by atoms with Crippen molar-refractivity contribution in [3.8, 4) is 0 Å². The number of aliphatic hydroxyl groups excluding tert-OH is 1. The van der Waals surface area contributed by atoms with E-state index in [1.165, 1.54) is 51.4 Å². The summed E-state index contributed by atoms with van der Waals surface area (Å²) in [6.45, 7) is 9.14. The van der Waals surface area contributed by atoms with Crippen LogP contribution >= 0.6 is 0 Å². The van der Waals surface area contributed by atoms with Crippen molar-refractivity contribution < 1.29 is 24.2 Å². The molecule has 0 aliphatic rings. The third-order valence-electron chi connectivity index (χ3n) is 7.16. The van der Waals surface area contributed by atoms with Crippen LogP contribution in [-0.2, 0) is 19.1 Å². The van der Waals surface area contributed by atoms with E-state index in [9.17, 15) is 9.59 Å². The summed E-state index contributed by atoms with van der Waals surface area (Å²) in [5.41, 5.74) is -1.21. The number of carbonyl (C=O) groups excluding carboxylic acids is 2. The number of ether oxygens (including phenoxy) is 2. The highest BCUT2D eigenvalue weighted by molar-refractivity contribution is 5.99. The zero-order chi connectivity index (χ0) is 27.5. The molecular weight excluding hydrogens is 466 g/mol. The van der Waals surface area contributed by atoms with Gasteiger partial charge in [0.2, 0.25) is 0 Å². The first-order valence-corrected chi connectivity index (χ1v) is 15.7. The average molecular weight is 528 g/mol. The van der Waals surface area contributed by atoms with Gasteiger partial charge >= 0.3 is 11.9 Å². The molecule has 220 valence electrons. The Balaban J connectivity index is 4.42. The summed E-state index contributed by atoms with van der Waals surface area (Å²) in [4.78, 5) is 26.0. The van der Waals surface area contributed by atoms with Crippen LogP contribution in [0.25, 0.3) is 0 Å². The standard InChI is InChI=1S/C31H61NO5/c1-4-6-8-10-14-21-27-36-29(34)31(3,30(35)37-28-22-15-11-9-7-5-2)23-17-12-13-18-24-32-25-19-16-20-26-33/h32-33H,4-28H2,1-3H3. The number of carbonyl (C=O) groups is 2. The zero-order valence-electron chi connectivity index (χ0n) is 24.8. The monoisotopic (exact) mass is 527 g/mol. The SMILES string of the molecule is CCCCCCCCOC(=O)C(C)(CCCCCCNCCCCCO)C(=O)OCCCCCCCC. The van der Waals surface area contributed by atoms with E-state index < -0.39 is 17.4 Å². The van der Waals surface area contributed by atoms with Gasteiger partial charge in [-0.25, -0.2) is 0 Å². The normalized spacial score (nSPS) is 11.6. The first kappa shape index (κ1) is 35.9. The number of unbranched alkanes of at least 4 members (excludes halogenated alkanes) is 15. The molecule has 0 saturated carbocycles. The summed E-state index contributed by atoms with van der Waals surface area (Å²) in [5.74, 6) is -0.836. The van der Waals surface area contributed by atoms with Gasteiger partial charge in [0, 0.05) is 6.61 Å². The van der Waals surface area contributed by atoms with Crippen LogP contribution in [0.15, 0.2) is 0 Å². The fourth-order valence-electron chi connectivity index (χ4n) is 4.45. The van der Waals surface area contributed by atoms with E-state index in [0.717, 1.165) is 83.7 Å². The molecule has 37 heavy (non-hydrogen) atoms. The van der Waals surface area contributed by atoms with E-state index in [1.807, 2.05) is 0 Å². The van der Waals surface area contributed by atoms with Gasteiger partial charge in [-0.3, -0.25) is 9.59 Å². The summed E-state index contributed by atoms with van der Waals surface area (Å²) < 4.78 is 11.2. The van der Waals surface area contributed by atoms with Gasteiger partial charge < -0.3 is 19.9 Å². The second kappa shape index (κ2) is 26.5. The molecule has 0 spiro atoms. The van der Waals surface area contributed by atoms with Gasteiger partial charge in [-0.1, -0.05) is 97.3 Å². The van der Waals surface area contributed by atoms with Gasteiger partial charge in [0.1, 0.15) is 0 Å². The van der Waals surface area contributed by atoms with Gasteiger partial charge in [-0.2, -0.15) is 0 Å². The maximum Gasteiger partial charge on any atom is 0.323 e. The Bertz CT molecular complexity index is 496. The molecule has 0 aromatic heterocycles. The Hall–Kier alpha value is -1.14. The highest BCUT2D eigenvalue weighted by atomic mass is 16.6. The molecule has 0 aliphatic heterocycles. The van der Waals surface area contributed by atoms with Crippen molar-refractivity contribution in [2.75, 3.05) is 32.9 Å². The summed E-state index contributed by atoms with van der Waals surface area (Å²) in [6.07, 6.45) is 21.0. The lowest BCUT2D eigenvalue weighted by Crippen LogP contribution is -2.39. The van der Waals surface area contributed by atoms with E-state index in [4.69, 9.17) is 14.6 Å². The predicted octanol–water partition coefficient (Wildman–Crippen LogP) is 7.50. The third-order valence-corrected chi connectivity index (χ3v) is 7.16. The minimum Gasteiger partial charge on any atom is -0.465 e. The molecular formula is C31H61NO5. The summed E-state index contributed by atoms with van der Waals surface area (Å²) >= 11 is 0. The van der Waals surface area contributed by atoms with Crippen LogP contribution in [0.2, 0.25) is 0 Å². The van der Waals surface area contributed by atoms with Gasteiger partial charge in [-0.05, 0) is 65.0 Å². The molecule has 0 heterocycles. The molecule has 0 amide bonds. The van der Waals surface area contributed by atoms with Gasteiger partial charge in [0.05, 0.1) is 13.2 Å². The van der Waals surface area contributed by atoms with Crippen molar-refractivity contribution in [3.05, 3.63) is 0 Å². The molecule has 0 unspecified atom stereocenters. The molecule has 6 nitrogen and oxygen atoms in total. The lowest BCUT2D eigenvalue weighted by molar-refractivity contribution is -0.172. The maximum atomic E-state index is 13.0. The Morgan fingerprint density at radius 3 is 1.49 bits per heavy atom. The second-order valence-electron chi connectivity index (χ2n) is 10.8. The zero-order valence-corrected chi connectivity index (χ0v) is 24.8. The Morgan fingerprint density at radius 2 is 1.00 bits per heavy atom. The Kier molecular flexibility index (Phi) is 25.7. The van der Waals surface area contributed by atoms with Crippen LogP contribution in [0.4, 0.5) is 0 Å². The van der Waals surface area contributed by atoms with Crippen molar-refractivity contribution >= 4 is 11.9 Å². The van der Waals surface area contributed by atoms with Crippen molar-refractivity contribution in [3.63, 3.8) is 0 Å². The Labute approximate surface area is 229 Å². The van der Waals surface area contributed by atoms with Crippen molar-refractivity contribution in [1.82, 2.24) is 5.32 Å². The first-order chi connectivity index (χ1) is 18.0. The molecule has 0 saturated heterocycles. The molecule has 0 radical (unpaired) electrons. The predicted molar refractivity (Wildman–Crippen MR) is 154 cm³/mol. The topological polar surface area (TPSA) is 84.9 Å². The minimum atomic E-state index is -1.21.